The van der Waals surface area contributed by atoms with Crippen molar-refractivity contribution in [3.8, 4) is 5.75 Å². The van der Waals surface area contributed by atoms with Gasteiger partial charge in [-0.25, -0.2) is 0 Å². The third-order valence-electron chi connectivity index (χ3n) is 3.30. The number of carbonyl (C=O) groups is 1. The van der Waals surface area contributed by atoms with Crippen LogP contribution in [0.15, 0.2) is 24.3 Å². The first-order valence-electron chi connectivity index (χ1n) is 6.85. The number of ether oxygens (including phenoxy) is 1. The minimum absolute atomic E-state index is 0.287. The molecule has 0 saturated heterocycles. The highest BCUT2D eigenvalue weighted by Crippen LogP contribution is 2.26. The number of nitrogens with one attached hydrogen (secondary N) is 1. The van der Waals surface area contributed by atoms with Crippen LogP contribution in [0, 0.1) is 0 Å². The molecular formula is C15H22N2O2. The normalized spacial score (nSPS) is 16.4. The lowest BCUT2D eigenvalue weighted by Crippen LogP contribution is -2.46. The first kappa shape index (κ1) is 13.9. The van der Waals surface area contributed by atoms with E-state index < -0.39 is 6.04 Å². The summed E-state index contributed by atoms with van der Waals surface area (Å²) in [6, 6.07) is 7.94. The van der Waals surface area contributed by atoms with Crippen molar-refractivity contribution in [3.63, 3.8) is 0 Å². The Labute approximate surface area is 114 Å². The second kappa shape index (κ2) is 6.06. The summed E-state index contributed by atoms with van der Waals surface area (Å²) in [5, 5.41) is 3.21. The third kappa shape index (κ3) is 3.96. The molecule has 1 aliphatic carbocycles. The van der Waals surface area contributed by atoms with Gasteiger partial charge in [0.15, 0.2) is 0 Å². The van der Waals surface area contributed by atoms with Crippen molar-refractivity contribution in [1.29, 1.82) is 0 Å². The number of carbonyl (C=O) groups excluding carboxylic acids is 1. The van der Waals surface area contributed by atoms with Crippen molar-refractivity contribution in [3.05, 3.63) is 29.8 Å². The molecule has 0 aromatic heterocycles. The number of para-hydroxylation sites is 1. The van der Waals surface area contributed by atoms with Gasteiger partial charge in [-0.15, -0.1) is 0 Å². The smallest absolute Gasteiger partial charge is 0.238 e. The van der Waals surface area contributed by atoms with Crippen molar-refractivity contribution in [2.24, 2.45) is 5.73 Å². The molecule has 104 valence electrons. The molecule has 0 radical (unpaired) electrons. The van der Waals surface area contributed by atoms with E-state index in [0.717, 1.165) is 24.2 Å². The lowest BCUT2D eigenvalue weighted by Gasteiger charge is -2.18. The van der Waals surface area contributed by atoms with Gasteiger partial charge in [0.05, 0.1) is 0 Å². The van der Waals surface area contributed by atoms with Crippen LogP contribution in [0.5, 0.6) is 5.75 Å². The third-order valence-corrected chi connectivity index (χ3v) is 3.30. The van der Waals surface area contributed by atoms with E-state index in [1.54, 1.807) is 0 Å². The molecule has 0 aliphatic heterocycles. The first-order valence-corrected chi connectivity index (χ1v) is 6.85. The maximum atomic E-state index is 11.4. The first-order chi connectivity index (χ1) is 9.08. The van der Waals surface area contributed by atoms with Gasteiger partial charge in [0.25, 0.3) is 0 Å². The molecule has 3 N–H and O–H groups in total. The highest BCUT2D eigenvalue weighted by Gasteiger charge is 2.27. The largest absolute Gasteiger partial charge is 0.491 e. The van der Waals surface area contributed by atoms with E-state index in [1.807, 2.05) is 24.3 Å². The lowest BCUT2D eigenvalue weighted by molar-refractivity contribution is -0.120. The second-order valence-electron chi connectivity index (χ2n) is 5.40. The number of hydrogen-bond acceptors (Lipinski definition) is 3. The van der Waals surface area contributed by atoms with Crippen LogP contribution in [-0.4, -0.2) is 24.6 Å². The summed E-state index contributed by atoms with van der Waals surface area (Å²) in [7, 11) is 0. The van der Waals surface area contributed by atoms with Crippen LogP contribution in [0.4, 0.5) is 0 Å². The number of primary amides is 1. The molecule has 1 fully saturated rings. The van der Waals surface area contributed by atoms with Crippen molar-refractivity contribution in [1.82, 2.24) is 5.32 Å². The Bertz CT molecular complexity index is 442. The highest BCUT2D eigenvalue weighted by molar-refractivity contribution is 5.80. The molecule has 1 aromatic carbocycles. The Morgan fingerprint density at radius 3 is 2.68 bits per heavy atom. The number of hydrogen-bond donors (Lipinski definition) is 2. The molecule has 19 heavy (non-hydrogen) atoms. The standard InChI is InChI=1S/C15H22N2O2/c1-10(2)12-5-3-4-6-14(12)19-9-13(15(16)18)17-11-7-8-11/h3-6,10-11,13,17H,7-9H2,1-2H3,(H2,16,18). The highest BCUT2D eigenvalue weighted by atomic mass is 16.5. The lowest BCUT2D eigenvalue weighted by atomic mass is 10.0. The molecule has 1 atom stereocenters. The van der Waals surface area contributed by atoms with Crippen LogP contribution in [0.1, 0.15) is 38.2 Å². The van der Waals surface area contributed by atoms with E-state index in [0.29, 0.717) is 12.0 Å². The van der Waals surface area contributed by atoms with Gasteiger partial charge in [-0.2, -0.15) is 0 Å². The summed E-state index contributed by atoms with van der Waals surface area (Å²) in [5.74, 6) is 0.870. The van der Waals surface area contributed by atoms with Gasteiger partial charge in [0.1, 0.15) is 18.4 Å². The predicted octanol–water partition coefficient (Wildman–Crippen LogP) is 1.79. The van der Waals surface area contributed by atoms with Gasteiger partial charge in [-0.1, -0.05) is 32.0 Å². The maximum absolute atomic E-state index is 11.4. The summed E-state index contributed by atoms with van der Waals surface area (Å²) in [6.45, 7) is 4.53. The molecular weight excluding hydrogens is 240 g/mol. The Kier molecular flexibility index (Phi) is 4.43. The molecule has 4 nitrogen and oxygen atoms in total. The number of rotatable bonds is 7. The minimum Gasteiger partial charge on any atom is -0.491 e. The van der Waals surface area contributed by atoms with Crippen LogP contribution in [0.25, 0.3) is 0 Å². The minimum atomic E-state index is -0.410. The van der Waals surface area contributed by atoms with Crippen molar-refractivity contribution >= 4 is 5.91 Å². The zero-order valence-corrected chi connectivity index (χ0v) is 11.6. The Balaban J connectivity index is 1.97. The number of benzene rings is 1. The molecule has 0 bridgehead atoms. The Hall–Kier alpha value is -1.55. The van der Waals surface area contributed by atoms with Gasteiger partial charge in [0.2, 0.25) is 5.91 Å². The molecule has 0 heterocycles. The second-order valence-corrected chi connectivity index (χ2v) is 5.40. The maximum Gasteiger partial charge on any atom is 0.238 e. The molecule has 1 aliphatic rings. The fourth-order valence-corrected chi connectivity index (χ4v) is 2.01. The van der Waals surface area contributed by atoms with E-state index in [1.165, 1.54) is 0 Å². The van der Waals surface area contributed by atoms with E-state index >= 15 is 0 Å². The zero-order chi connectivity index (χ0) is 13.8. The van der Waals surface area contributed by atoms with E-state index in [2.05, 4.69) is 19.2 Å². The Morgan fingerprint density at radius 1 is 1.42 bits per heavy atom. The summed E-state index contributed by atoms with van der Waals surface area (Å²) in [4.78, 5) is 11.4. The average molecular weight is 262 g/mol. The fourth-order valence-electron chi connectivity index (χ4n) is 2.01. The molecule has 1 amide bonds. The molecule has 2 rings (SSSR count). The molecule has 4 heteroatoms. The predicted molar refractivity (Wildman–Crippen MR) is 75.2 cm³/mol. The van der Waals surface area contributed by atoms with Crippen LogP contribution < -0.4 is 15.8 Å². The van der Waals surface area contributed by atoms with Crippen LogP contribution >= 0.6 is 0 Å². The van der Waals surface area contributed by atoms with Crippen molar-refractivity contribution < 1.29 is 9.53 Å². The number of amides is 1. The molecule has 1 unspecified atom stereocenters. The van der Waals surface area contributed by atoms with Crippen LogP contribution in [0.2, 0.25) is 0 Å². The van der Waals surface area contributed by atoms with E-state index in [-0.39, 0.29) is 12.5 Å². The van der Waals surface area contributed by atoms with Gasteiger partial charge in [-0.3, -0.25) is 4.79 Å². The van der Waals surface area contributed by atoms with Crippen molar-refractivity contribution in [2.45, 2.75) is 44.7 Å². The Morgan fingerprint density at radius 2 is 2.11 bits per heavy atom. The van der Waals surface area contributed by atoms with Crippen molar-refractivity contribution in [2.75, 3.05) is 6.61 Å². The SMILES string of the molecule is CC(C)c1ccccc1OCC(NC1CC1)C(N)=O. The van der Waals surface area contributed by atoms with Crippen LogP contribution in [-0.2, 0) is 4.79 Å². The van der Waals surface area contributed by atoms with Crippen LogP contribution in [0.3, 0.4) is 0 Å². The van der Waals surface area contributed by atoms with E-state index in [9.17, 15) is 4.79 Å². The summed E-state index contributed by atoms with van der Waals surface area (Å²) >= 11 is 0. The van der Waals surface area contributed by atoms with Gasteiger partial charge < -0.3 is 15.8 Å². The molecule has 1 saturated carbocycles. The topological polar surface area (TPSA) is 64.3 Å². The molecule has 1 aromatic rings. The zero-order valence-electron chi connectivity index (χ0n) is 11.6. The van der Waals surface area contributed by atoms with Gasteiger partial charge >= 0.3 is 0 Å². The molecule has 0 spiro atoms. The summed E-state index contributed by atoms with van der Waals surface area (Å²) in [5.41, 5.74) is 6.54. The number of nitrogens with two attached hydrogens (primary N) is 1. The monoisotopic (exact) mass is 262 g/mol. The fraction of sp³-hybridized carbons (Fsp3) is 0.533. The summed E-state index contributed by atoms with van der Waals surface area (Å²) in [6.07, 6.45) is 2.23. The summed E-state index contributed by atoms with van der Waals surface area (Å²) < 4.78 is 5.79. The van der Waals surface area contributed by atoms with Gasteiger partial charge in [-0.05, 0) is 30.4 Å². The average Bonchev–Trinajstić information content (AvgIpc) is 3.18. The quantitative estimate of drug-likeness (QED) is 0.787. The van der Waals surface area contributed by atoms with E-state index in [4.69, 9.17) is 10.5 Å². The van der Waals surface area contributed by atoms with Gasteiger partial charge in [0, 0.05) is 6.04 Å².